The van der Waals surface area contributed by atoms with Crippen molar-refractivity contribution in [2.75, 3.05) is 0 Å². The van der Waals surface area contributed by atoms with Gasteiger partial charge in [-0.3, -0.25) is 5.41 Å². The zero-order valence-corrected chi connectivity index (χ0v) is 3.95. The van der Waals surface area contributed by atoms with Crippen molar-refractivity contribution in [2.24, 2.45) is 5.73 Å². The number of nitrogens with two attached hydrogens (primary N) is 1. The van der Waals surface area contributed by atoms with Gasteiger partial charge in [0.05, 0.1) is 5.84 Å². The average molecular weight is 117 g/mol. The van der Waals surface area contributed by atoms with E-state index in [1.807, 2.05) is 0 Å². The minimum absolute atomic E-state index is 0. The van der Waals surface area contributed by atoms with Gasteiger partial charge in [-0.2, -0.15) is 0 Å². The van der Waals surface area contributed by atoms with Gasteiger partial charge >= 0.3 is 0 Å². The van der Waals surface area contributed by atoms with E-state index in [-0.39, 0.29) is 22.6 Å². The first-order chi connectivity index (χ1) is 1.73. The molecular weight excluding hydrogens is 111 g/mol. The summed E-state index contributed by atoms with van der Waals surface area (Å²) in [5, 5.41) is 6.28. The molecular formula is C2H6CoN2. The summed E-state index contributed by atoms with van der Waals surface area (Å²) < 4.78 is 0. The second-order valence-electron chi connectivity index (χ2n) is 0.683. The molecule has 0 unspecified atom stereocenters. The van der Waals surface area contributed by atoms with Crippen molar-refractivity contribution in [1.82, 2.24) is 0 Å². The van der Waals surface area contributed by atoms with Crippen LogP contribution in [0.25, 0.3) is 0 Å². The van der Waals surface area contributed by atoms with Crippen molar-refractivity contribution in [3.05, 3.63) is 0 Å². The van der Waals surface area contributed by atoms with E-state index in [0.29, 0.717) is 0 Å². The molecule has 0 saturated carbocycles. The Hall–Kier alpha value is -0.0235. The molecule has 0 bridgehead atoms. The predicted molar refractivity (Wildman–Crippen MR) is 17.6 cm³/mol. The van der Waals surface area contributed by atoms with Crippen LogP contribution in [0.15, 0.2) is 0 Å². The maximum atomic E-state index is 6.28. The molecule has 0 rings (SSSR count). The number of hydrogen-bond acceptors (Lipinski definition) is 1. The van der Waals surface area contributed by atoms with Gasteiger partial charge in [-0.1, -0.05) is 0 Å². The van der Waals surface area contributed by atoms with E-state index in [0.717, 1.165) is 0 Å². The maximum Gasteiger partial charge on any atom is 0.0873 e. The summed E-state index contributed by atoms with van der Waals surface area (Å²) in [6, 6.07) is 0. The number of rotatable bonds is 0. The van der Waals surface area contributed by atoms with Crippen LogP contribution in [0.3, 0.4) is 0 Å². The minimum Gasteiger partial charge on any atom is -0.388 e. The summed E-state index contributed by atoms with van der Waals surface area (Å²) in [5.74, 6) is 0.167. The largest absolute Gasteiger partial charge is 0.388 e. The van der Waals surface area contributed by atoms with Crippen LogP contribution in [-0.4, -0.2) is 5.84 Å². The summed E-state index contributed by atoms with van der Waals surface area (Å²) in [7, 11) is 0. The third-order valence-electron chi connectivity index (χ3n) is 0. The van der Waals surface area contributed by atoms with Gasteiger partial charge in [-0.05, 0) is 6.92 Å². The van der Waals surface area contributed by atoms with Gasteiger partial charge in [0.25, 0.3) is 0 Å². The van der Waals surface area contributed by atoms with E-state index in [1.165, 1.54) is 6.92 Å². The van der Waals surface area contributed by atoms with Crippen molar-refractivity contribution in [1.29, 1.82) is 5.41 Å². The zero-order valence-electron chi connectivity index (χ0n) is 2.91. The molecule has 0 aromatic heterocycles. The molecule has 3 heteroatoms. The SMILES string of the molecule is CC(=N)N.[Co]. The first kappa shape index (κ1) is 8.88. The Morgan fingerprint density at radius 1 is 1.80 bits per heavy atom. The normalized spacial score (nSPS) is 5.00. The fourth-order valence-electron chi connectivity index (χ4n) is 0. The number of hydrogen-bond donors (Lipinski definition) is 2. The van der Waals surface area contributed by atoms with Gasteiger partial charge in [0.15, 0.2) is 0 Å². The Kier molecular flexibility index (Phi) is 7.06. The molecule has 0 fully saturated rings. The molecule has 5 heavy (non-hydrogen) atoms. The van der Waals surface area contributed by atoms with Crippen molar-refractivity contribution in [3.8, 4) is 0 Å². The van der Waals surface area contributed by atoms with E-state index in [9.17, 15) is 0 Å². The van der Waals surface area contributed by atoms with Crippen molar-refractivity contribution in [2.45, 2.75) is 6.92 Å². The summed E-state index contributed by atoms with van der Waals surface area (Å²) in [6.07, 6.45) is 0. The second kappa shape index (κ2) is 3.98. The first-order valence-corrected chi connectivity index (χ1v) is 1.04. The van der Waals surface area contributed by atoms with Crippen molar-refractivity contribution in [3.63, 3.8) is 0 Å². The van der Waals surface area contributed by atoms with E-state index in [4.69, 9.17) is 11.1 Å². The molecule has 0 aliphatic heterocycles. The monoisotopic (exact) mass is 117 g/mol. The third-order valence-corrected chi connectivity index (χ3v) is 0. The molecule has 0 aromatic rings. The Morgan fingerprint density at radius 3 is 1.80 bits per heavy atom. The Balaban J connectivity index is 0. The summed E-state index contributed by atoms with van der Waals surface area (Å²) in [6.45, 7) is 1.53. The van der Waals surface area contributed by atoms with Crippen molar-refractivity contribution < 1.29 is 16.8 Å². The van der Waals surface area contributed by atoms with Crippen LogP contribution in [0.1, 0.15) is 6.92 Å². The van der Waals surface area contributed by atoms with Crippen LogP contribution in [-0.2, 0) is 16.8 Å². The molecule has 0 aromatic carbocycles. The van der Waals surface area contributed by atoms with Crippen LogP contribution in [0.4, 0.5) is 0 Å². The summed E-state index contributed by atoms with van der Waals surface area (Å²) in [5.41, 5.74) is 4.69. The number of nitrogens with one attached hydrogen (secondary N) is 1. The van der Waals surface area contributed by atoms with Crippen molar-refractivity contribution >= 4 is 5.84 Å². The first-order valence-electron chi connectivity index (χ1n) is 1.04. The van der Waals surface area contributed by atoms with Crippen LogP contribution in [0.2, 0.25) is 0 Å². The topological polar surface area (TPSA) is 49.9 Å². The average Bonchev–Trinajstić information content (AvgIpc) is 0.811. The van der Waals surface area contributed by atoms with Crippen LogP contribution < -0.4 is 5.73 Å². The molecule has 2 nitrogen and oxygen atoms in total. The van der Waals surface area contributed by atoms with Gasteiger partial charge in [0.1, 0.15) is 0 Å². The van der Waals surface area contributed by atoms with Gasteiger partial charge in [0, 0.05) is 16.8 Å². The molecule has 0 aliphatic rings. The number of amidine groups is 1. The van der Waals surface area contributed by atoms with E-state index >= 15 is 0 Å². The molecule has 0 amide bonds. The van der Waals surface area contributed by atoms with Gasteiger partial charge in [-0.25, -0.2) is 0 Å². The summed E-state index contributed by atoms with van der Waals surface area (Å²) >= 11 is 0. The molecule has 0 aliphatic carbocycles. The Morgan fingerprint density at radius 2 is 1.80 bits per heavy atom. The molecule has 0 spiro atoms. The van der Waals surface area contributed by atoms with E-state index < -0.39 is 0 Å². The minimum atomic E-state index is 0. The van der Waals surface area contributed by atoms with Gasteiger partial charge < -0.3 is 5.73 Å². The zero-order chi connectivity index (χ0) is 3.58. The summed E-state index contributed by atoms with van der Waals surface area (Å²) in [4.78, 5) is 0. The van der Waals surface area contributed by atoms with E-state index in [1.54, 1.807) is 0 Å². The molecule has 0 heterocycles. The standard InChI is InChI=1S/C2H6N2.Co/c1-2(3)4;/h1H3,(H3,3,4);. The quantitative estimate of drug-likeness (QED) is 0.339. The molecule has 1 radical (unpaired) electrons. The molecule has 0 atom stereocenters. The predicted octanol–water partition coefficient (Wildman–Crippen LogP) is -0.0602. The second-order valence-corrected chi connectivity index (χ2v) is 0.683. The maximum absolute atomic E-state index is 6.28. The van der Waals surface area contributed by atoms with Gasteiger partial charge in [0.2, 0.25) is 0 Å². The third kappa shape index (κ3) is 28100. The Bertz CT molecular complexity index is 30.6. The van der Waals surface area contributed by atoms with Crippen LogP contribution in [0.5, 0.6) is 0 Å². The van der Waals surface area contributed by atoms with Crippen LogP contribution in [0, 0.1) is 5.41 Å². The molecule has 0 saturated heterocycles. The fraction of sp³-hybridized carbons (Fsp3) is 0.500. The molecule has 33 valence electrons. The molecule has 3 N–H and O–H groups in total. The fourth-order valence-corrected chi connectivity index (χ4v) is 0. The van der Waals surface area contributed by atoms with Gasteiger partial charge in [-0.15, -0.1) is 0 Å². The Labute approximate surface area is 41.4 Å². The van der Waals surface area contributed by atoms with Crippen LogP contribution >= 0.6 is 0 Å². The van der Waals surface area contributed by atoms with E-state index in [2.05, 4.69) is 0 Å². The smallest absolute Gasteiger partial charge is 0.0873 e.